The van der Waals surface area contributed by atoms with E-state index in [9.17, 15) is 9.90 Å². The van der Waals surface area contributed by atoms with Gasteiger partial charge >= 0.3 is 0 Å². The molecular formula is C20H25N5O3. The van der Waals surface area contributed by atoms with Crippen LogP contribution in [0.1, 0.15) is 30.5 Å². The number of amides is 1. The predicted molar refractivity (Wildman–Crippen MR) is 104 cm³/mol. The number of ether oxygens (including phenoxy) is 1. The maximum Gasteiger partial charge on any atom is 0.246 e. The number of fused-ring (bicyclic) bond motifs is 1. The Morgan fingerprint density at radius 1 is 1.36 bits per heavy atom. The third-order valence-electron chi connectivity index (χ3n) is 5.49. The first-order valence-corrected chi connectivity index (χ1v) is 9.49. The van der Waals surface area contributed by atoms with E-state index in [1.54, 1.807) is 6.20 Å². The van der Waals surface area contributed by atoms with Gasteiger partial charge in [-0.1, -0.05) is 12.1 Å². The zero-order valence-electron chi connectivity index (χ0n) is 16.1. The number of imidazole rings is 2. The first kappa shape index (κ1) is 18.6. The van der Waals surface area contributed by atoms with Crippen molar-refractivity contribution >= 4 is 16.9 Å². The molecule has 148 valence electrons. The molecule has 0 spiro atoms. The maximum atomic E-state index is 12.3. The van der Waals surface area contributed by atoms with Gasteiger partial charge in [-0.2, -0.15) is 0 Å². The topological polar surface area (TPSA) is 94.2 Å². The van der Waals surface area contributed by atoms with Crippen molar-refractivity contribution < 1.29 is 14.6 Å². The molecule has 8 nitrogen and oxygen atoms in total. The summed E-state index contributed by atoms with van der Waals surface area (Å²) in [6.07, 6.45) is 4.47. The summed E-state index contributed by atoms with van der Waals surface area (Å²) in [6, 6.07) is 7.52. The number of hydrogen-bond acceptors (Lipinski definition) is 5. The summed E-state index contributed by atoms with van der Waals surface area (Å²) in [4.78, 5) is 21.0. The van der Waals surface area contributed by atoms with Crippen LogP contribution in [0.2, 0.25) is 0 Å². The first-order chi connectivity index (χ1) is 13.5. The molecule has 28 heavy (non-hydrogen) atoms. The zero-order chi connectivity index (χ0) is 19.7. The van der Waals surface area contributed by atoms with Gasteiger partial charge in [0.2, 0.25) is 5.91 Å². The molecule has 0 aliphatic heterocycles. The van der Waals surface area contributed by atoms with Crippen LogP contribution < -0.4 is 5.32 Å². The number of aryl methyl sites for hydroxylation is 2. The average Bonchev–Trinajstić information content (AvgIpc) is 3.35. The Bertz CT molecular complexity index is 979. The molecule has 0 radical (unpaired) electrons. The molecule has 1 aliphatic rings. The lowest BCUT2D eigenvalue weighted by molar-refractivity contribution is -0.127. The summed E-state index contributed by atoms with van der Waals surface area (Å²) in [6.45, 7) is 2.09. The lowest BCUT2D eigenvalue weighted by atomic mass is 10.1. The molecule has 4 rings (SSSR count). The van der Waals surface area contributed by atoms with Gasteiger partial charge in [0.25, 0.3) is 0 Å². The molecule has 1 amide bonds. The third kappa shape index (κ3) is 3.53. The Balaban J connectivity index is 1.29. The number of nitrogens with zero attached hydrogens (tertiary/aromatic N) is 4. The fourth-order valence-electron chi connectivity index (χ4n) is 3.97. The van der Waals surface area contributed by atoms with E-state index in [4.69, 9.17) is 4.74 Å². The van der Waals surface area contributed by atoms with Crippen LogP contribution in [-0.4, -0.2) is 48.9 Å². The van der Waals surface area contributed by atoms with Gasteiger partial charge in [-0.05, 0) is 31.9 Å². The monoisotopic (exact) mass is 383 g/mol. The fraction of sp³-hybridized carbons (Fsp3) is 0.450. The number of aliphatic hydroxyl groups excluding tert-OH is 1. The molecule has 1 aliphatic carbocycles. The van der Waals surface area contributed by atoms with E-state index in [0.29, 0.717) is 0 Å². The number of aromatic nitrogens is 4. The van der Waals surface area contributed by atoms with Crippen molar-refractivity contribution in [1.29, 1.82) is 0 Å². The fourth-order valence-corrected chi connectivity index (χ4v) is 3.97. The molecule has 1 fully saturated rings. The van der Waals surface area contributed by atoms with Gasteiger partial charge in [-0.15, -0.1) is 0 Å². The molecule has 0 unspecified atom stereocenters. The van der Waals surface area contributed by atoms with Crippen molar-refractivity contribution in [3.8, 4) is 0 Å². The van der Waals surface area contributed by atoms with Crippen LogP contribution in [0.15, 0.2) is 36.7 Å². The standard InChI is InChI=1S/C20H25N5O3/c1-13-21-9-10-25(13)17-8-7-15(20(17)27)23-19(26)12-28-11-18-22-14-5-3-4-6-16(14)24(18)2/h3-6,9-10,15,17,20,27H,7-8,11-12H2,1-2H3,(H,23,26)/t15-,17-,20-/m1/s1. The summed E-state index contributed by atoms with van der Waals surface area (Å²) in [7, 11) is 1.93. The van der Waals surface area contributed by atoms with Gasteiger partial charge in [0, 0.05) is 19.4 Å². The molecule has 2 heterocycles. The Morgan fingerprint density at radius 2 is 2.18 bits per heavy atom. The van der Waals surface area contributed by atoms with Crippen LogP contribution in [0, 0.1) is 6.92 Å². The molecule has 2 N–H and O–H groups in total. The highest BCUT2D eigenvalue weighted by molar-refractivity contribution is 5.77. The number of benzene rings is 1. The van der Waals surface area contributed by atoms with E-state index >= 15 is 0 Å². The van der Waals surface area contributed by atoms with Gasteiger partial charge < -0.3 is 24.3 Å². The zero-order valence-corrected chi connectivity index (χ0v) is 16.1. The Labute approximate surface area is 163 Å². The molecule has 0 saturated heterocycles. The minimum atomic E-state index is -0.642. The molecule has 8 heteroatoms. The van der Waals surface area contributed by atoms with Crippen LogP contribution in [0.5, 0.6) is 0 Å². The SMILES string of the molecule is Cc1nccn1[C@@H]1CC[C@@H](NC(=O)COCc2nc3ccccc3n2C)[C@H]1O. The minimum absolute atomic E-state index is 0.0614. The Kier molecular flexibility index (Phi) is 5.15. The van der Waals surface area contributed by atoms with Gasteiger partial charge in [0.15, 0.2) is 0 Å². The average molecular weight is 383 g/mol. The summed E-state index contributed by atoms with van der Waals surface area (Å²) in [5.74, 6) is 1.40. The second-order valence-electron chi connectivity index (χ2n) is 7.26. The molecular weight excluding hydrogens is 358 g/mol. The van der Waals surface area contributed by atoms with E-state index in [1.165, 1.54) is 0 Å². The molecule has 3 atom stereocenters. The number of para-hydroxylation sites is 2. The largest absolute Gasteiger partial charge is 0.389 e. The van der Waals surface area contributed by atoms with Crippen LogP contribution in [0.3, 0.4) is 0 Å². The van der Waals surface area contributed by atoms with E-state index < -0.39 is 6.10 Å². The van der Waals surface area contributed by atoms with Crippen LogP contribution in [-0.2, 0) is 23.2 Å². The minimum Gasteiger partial charge on any atom is -0.389 e. The van der Waals surface area contributed by atoms with Gasteiger partial charge in [-0.25, -0.2) is 9.97 Å². The van der Waals surface area contributed by atoms with E-state index in [-0.39, 0.29) is 31.2 Å². The van der Waals surface area contributed by atoms with Crippen LogP contribution >= 0.6 is 0 Å². The number of nitrogens with one attached hydrogen (secondary N) is 1. The van der Waals surface area contributed by atoms with Crippen molar-refractivity contribution in [2.75, 3.05) is 6.61 Å². The molecule has 0 bridgehead atoms. The number of carbonyl (C=O) groups excluding carboxylic acids is 1. The highest BCUT2D eigenvalue weighted by atomic mass is 16.5. The van der Waals surface area contributed by atoms with Crippen LogP contribution in [0.25, 0.3) is 11.0 Å². The van der Waals surface area contributed by atoms with Crippen molar-refractivity contribution in [1.82, 2.24) is 24.4 Å². The number of aliphatic hydroxyl groups is 1. The van der Waals surface area contributed by atoms with Crippen molar-refractivity contribution in [2.24, 2.45) is 7.05 Å². The second-order valence-corrected chi connectivity index (χ2v) is 7.26. The van der Waals surface area contributed by atoms with E-state index in [0.717, 1.165) is 35.5 Å². The van der Waals surface area contributed by atoms with Crippen LogP contribution in [0.4, 0.5) is 0 Å². The summed E-state index contributed by atoms with van der Waals surface area (Å²) in [5, 5.41) is 13.5. The quantitative estimate of drug-likeness (QED) is 0.672. The predicted octanol–water partition coefficient (Wildman–Crippen LogP) is 1.48. The lowest BCUT2D eigenvalue weighted by Crippen LogP contribution is -2.43. The number of hydrogen-bond donors (Lipinski definition) is 2. The highest BCUT2D eigenvalue weighted by Gasteiger charge is 2.37. The van der Waals surface area contributed by atoms with E-state index in [1.807, 2.05) is 53.6 Å². The van der Waals surface area contributed by atoms with Crippen molar-refractivity contribution in [3.05, 3.63) is 48.3 Å². The Hall–Kier alpha value is -2.71. The summed E-state index contributed by atoms with van der Waals surface area (Å²) >= 11 is 0. The number of rotatable bonds is 6. The normalized spacial score (nSPS) is 22.0. The van der Waals surface area contributed by atoms with Gasteiger partial charge in [0.05, 0.1) is 29.2 Å². The van der Waals surface area contributed by atoms with Crippen molar-refractivity contribution in [3.63, 3.8) is 0 Å². The summed E-state index contributed by atoms with van der Waals surface area (Å²) < 4.78 is 9.50. The smallest absolute Gasteiger partial charge is 0.246 e. The molecule has 2 aromatic heterocycles. The molecule has 1 saturated carbocycles. The third-order valence-corrected chi connectivity index (χ3v) is 5.49. The van der Waals surface area contributed by atoms with Crippen molar-refractivity contribution in [2.45, 2.75) is 44.6 Å². The number of carbonyl (C=O) groups is 1. The highest BCUT2D eigenvalue weighted by Crippen LogP contribution is 2.31. The lowest BCUT2D eigenvalue weighted by Gasteiger charge is -2.22. The first-order valence-electron chi connectivity index (χ1n) is 9.49. The summed E-state index contributed by atoms with van der Waals surface area (Å²) in [5.41, 5.74) is 1.93. The molecule has 3 aromatic rings. The Morgan fingerprint density at radius 3 is 2.93 bits per heavy atom. The van der Waals surface area contributed by atoms with Gasteiger partial charge in [0.1, 0.15) is 24.9 Å². The van der Waals surface area contributed by atoms with Gasteiger partial charge in [-0.3, -0.25) is 4.79 Å². The molecule has 1 aromatic carbocycles. The van der Waals surface area contributed by atoms with E-state index in [2.05, 4.69) is 15.3 Å². The maximum absolute atomic E-state index is 12.3. The second kappa shape index (κ2) is 7.73.